The molecule has 0 aliphatic carbocycles. The molecule has 10 aromatic carbocycles. The highest BCUT2D eigenvalue weighted by molar-refractivity contribution is 7.25. The number of thiophene rings is 1. The molecule has 0 spiro atoms. The van der Waals surface area contributed by atoms with Crippen LogP contribution in [0.2, 0.25) is 0 Å². The van der Waals surface area contributed by atoms with Crippen LogP contribution in [-0.2, 0) is 0 Å². The number of benzene rings is 10. The average Bonchev–Trinajstić information content (AvgIpc) is 4.04. The lowest BCUT2D eigenvalue weighted by Gasteiger charge is -2.26. The highest BCUT2D eigenvalue weighted by Crippen LogP contribution is 2.43. The Hall–Kier alpha value is -8.18. The van der Waals surface area contributed by atoms with Crippen LogP contribution < -0.4 is 4.90 Å². The number of hydrogen-bond donors (Lipinski definition) is 0. The maximum Gasteiger partial charge on any atom is 0.143 e. The summed E-state index contributed by atoms with van der Waals surface area (Å²) in [6, 6.07) is 83.4. The first-order valence-corrected chi connectivity index (χ1v) is 22.6. The molecule has 0 unspecified atom stereocenters. The van der Waals surface area contributed by atoms with Crippen LogP contribution >= 0.6 is 11.3 Å². The van der Waals surface area contributed by atoms with Gasteiger partial charge in [-0.3, -0.25) is 0 Å². The van der Waals surface area contributed by atoms with Gasteiger partial charge in [0.15, 0.2) is 0 Å². The monoisotopic (exact) mass is 834 g/mol. The summed E-state index contributed by atoms with van der Waals surface area (Å²) in [7, 11) is 0. The second-order valence-corrected chi connectivity index (χ2v) is 17.6. The van der Waals surface area contributed by atoms with Crippen molar-refractivity contribution < 1.29 is 4.42 Å². The van der Waals surface area contributed by atoms with E-state index in [9.17, 15) is 0 Å². The minimum absolute atomic E-state index is 0.889. The maximum absolute atomic E-state index is 6.52. The van der Waals surface area contributed by atoms with Crippen LogP contribution in [0.15, 0.2) is 235 Å². The molecule has 3 aromatic heterocycles. The second kappa shape index (κ2) is 14.7. The number of hydrogen-bond acceptors (Lipinski definition) is 3. The third-order valence-electron chi connectivity index (χ3n) is 12.8. The lowest BCUT2D eigenvalue weighted by Crippen LogP contribution is -2.10. The molecule has 4 heteroatoms. The fourth-order valence-electron chi connectivity index (χ4n) is 9.74. The SMILES string of the molecule is c1ccc(-c2cccc3c2oc2ccc(-c4ccc(N(c5ccc(-c6ccc7sc8ccccc8c7c6)cc5)c5ccc6c7ccccc7n(-c7ccccc7)c6c5)cc4)cc23)cc1. The van der Waals surface area contributed by atoms with E-state index in [1.54, 1.807) is 0 Å². The summed E-state index contributed by atoms with van der Waals surface area (Å²) in [4.78, 5) is 2.38. The van der Waals surface area contributed by atoms with E-state index < -0.39 is 0 Å². The molecular weight excluding hydrogens is 797 g/mol. The Bertz CT molecular complexity index is 3880. The normalized spacial score (nSPS) is 11.8. The first kappa shape index (κ1) is 36.5. The molecule has 64 heavy (non-hydrogen) atoms. The van der Waals surface area contributed by atoms with Gasteiger partial charge in [-0.2, -0.15) is 0 Å². The minimum atomic E-state index is 0.889. The van der Waals surface area contributed by atoms with Crippen molar-refractivity contribution in [2.24, 2.45) is 0 Å². The maximum atomic E-state index is 6.52. The summed E-state index contributed by atoms with van der Waals surface area (Å²) in [5.74, 6) is 0. The Kier molecular flexibility index (Phi) is 8.40. The molecule has 3 nitrogen and oxygen atoms in total. The van der Waals surface area contributed by atoms with E-state index in [4.69, 9.17) is 4.42 Å². The minimum Gasteiger partial charge on any atom is -0.455 e. The van der Waals surface area contributed by atoms with E-state index in [1.165, 1.54) is 47.6 Å². The molecule has 300 valence electrons. The van der Waals surface area contributed by atoms with Crippen molar-refractivity contribution in [3.05, 3.63) is 231 Å². The molecular formula is C60H38N2OS. The van der Waals surface area contributed by atoms with Gasteiger partial charge < -0.3 is 13.9 Å². The number of nitrogens with zero attached hydrogens (tertiary/aromatic N) is 2. The van der Waals surface area contributed by atoms with Crippen molar-refractivity contribution >= 4 is 92.3 Å². The van der Waals surface area contributed by atoms with Crippen molar-refractivity contribution in [3.8, 4) is 39.1 Å². The molecule has 0 atom stereocenters. The van der Waals surface area contributed by atoms with Gasteiger partial charge in [0.25, 0.3) is 0 Å². The molecule has 13 rings (SSSR count). The summed E-state index contributed by atoms with van der Waals surface area (Å²) in [5, 5.41) is 7.32. The fourth-order valence-corrected chi connectivity index (χ4v) is 10.8. The summed E-state index contributed by atoms with van der Waals surface area (Å²) >= 11 is 1.86. The molecule has 0 aliphatic rings. The Labute approximate surface area is 373 Å². The van der Waals surface area contributed by atoms with Gasteiger partial charge in [-0.15, -0.1) is 11.3 Å². The highest BCUT2D eigenvalue weighted by atomic mass is 32.1. The zero-order chi connectivity index (χ0) is 42.1. The van der Waals surface area contributed by atoms with Crippen LogP contribution in [-0.4, -0.2) is 4.57 Å². The van der Waals surface area contributed by atoms with Gasteiger partial charge >= 0.3 is 0 Å². The number of aromatic nitrogens is 1. The van der Waals surface area contributed by atoms with E-state index in [0.717, 1.165) is 72.5 Å². The lowest BCUT2D eigenvalue weighted by molar-refractivity contribution is 0.670. The van der Waals surface area contributed by atoms with Gasteiger partial charge in [-0.25, -0.2) is 0 Å². The molecule has 0 bridgehead atoms. The van der Waals surface area contributed by atoms with Gasteiger partial charge in [-0.05, 0) is 113 Å². The smallest absolute Gasteiger partial charge is 0.143 e. The Morgan fingerprint density at radius 1 is 0.344 bits per heavy atom. The van der Waals surface area contributed by atoms with E-state index in [0.29, 0.717) is 0 Å². The predicted octanol–water partition coefficient (Wildman–Crippen LogP) is 17.5. The van der Waals surface area contributed by atoms with Gasteiger partial charge in [-0.1, -0.05) is 146 Å². The van der Waals surface area contributed by atoms with E-state index in [2.05, 4.69) is 234 Å². The number of fused-ring (bicyclic) bond motifs is 9. The molecule has 0 saturated carbocycles. The first-order chi connectivity index (χ1) is 31.7. The van der Waals surface area contributed by atoms with Gasteiger partial charge in [0.05, 0.1) is 11.0 Å². The van der Waals surface area contributed by atoms with E-state index in [-0.39, 0.29) is 0 Å². The second-order valence-electron chi connectivity index (χ2n) is 16.5. The number of rotatable bonds is 7. The van der Waals surface area contributed by atoms with Gasteiger partial charge in [0.1, 0.15) is 11.2 Å². The topological polar surface area (TPSA) is 21.3 Å². The molecule has 0 saturated heterocycles. The van der Waals surface area contributed by atoms with Crippen molar-refractivity contribution in [1.82, 2.24) is 4.57 Å². The largest absolute Gasteiger partial charge is 0.455 e. The zero-order valence-corrected chi connectivity index (χ0v) is 35.5. The molecule has 0 fully saturated rings. The van der Waals surface area contributed by atoms with Crippen LogP contribution in [0.4, 0.5) is 17.1 Å². The summed E-state index contributed by atoms with van der Waals surface area (Å²) in [5.41, 5.74) is 15.5. The molecule has 0 radical (unpaired) electrons. The van der Waals surface area contributed by atoms with Crippen molar-refractivity contribution in [2.75, 3.05) is 4.90 Å². The average molecular weight is 835 g/mol. The fraction of sp³-hybridized carbons (Fsp3) is 0. The third kappa shape index (κ3) is 5.95. The van der Waals surface area contributed by atoms with Crippen molar-refractivity contribution in [3.63, 3.8) is 0 Å². The Morgan fingerprint density at radius 2 is 0.922 bits per heavy atom. The van der Waals surface area contributed by atoms with Gasteiger partial charge in [0, 0.05) is 70.0 Å². The molecule has 0 aliphatic heterocycles. The van der Waals surface area contributed by atoms with E-state index in [1.807, 2.05) is 17.4 Å². The summed E-state index contributed by atoms with van der Waals surface area (Å²) in [6.07, 6.45) is 0. The molecule has 0 amide bonds. The van der Waals surface area contributed by atoms with E-state index >= 15 is 0 Å². The predicted molar refractivity (Wildman–Crippen MR) is 272 cm³/mol. The Morgan fingerprint density at radius 3 is 1.69 bits per heavy atom. The zero-order valence-electron chi connectivity index (χ0n) is 34.7. The third-order valence-corrected chi connectivity index (χ3v) is 14.0. The van der Waals surface area contributed by atoms with Crippen LogP contribution in [0, 0.1) is 0 Å². The van der Waals surface area contributed by atoms with Crippen molar-refractivity contribution in [1.29, 1.82) is 0 Å². The Balaban J connectivity index is 0.927. The summed E-state index contributed by atoms with van der Waals surface area (Å²) < 4.78 is 11.6. The van der Waals surface area contributed by atoms with Crippen LogP contribution in [0.5, 0.6) is 0 Å². The lowest BCUT2D eigenvalue weighted by atomic mass is 10.00. The van der Waals surface area contributed by atoms with Crippen LogP contribution in [0.3, 0.4) is 0 Å². The molecule has 0 N–H and O–H groups in total. The number of para-hydroxylation sites is 3. The van der Waals surface area contributed by atoms with Crippen molar-refractivity contribution in [2.45, 2.75) is 0 Å². The van der Waals surface area contributed by atoms with Crippen LogP contribution in [0.25, 0.3) is 103 Å². The quantitative estimate of drug-likeness (QED) is 0.159. The van der Waals surface area contributed by atoms with Crippen LogP contribution in [0.1, 0.15) is 0 Å². The molecule has 13 aromatic rings. The summed E-state index contributed by atoms with van der Waals surface area (Å²) in [6.45, 7) is 0. The number of furan rings is 1. The number of anilines is 3. The molecule has 3 heterocycles. The first-order valence-electron chi connectivity index (χ1n) is 21.7. The highest BCUT2D eigenvalue weighted by Gasteiger charge is 2.19. The van der Waals surface area contributed by atoms with Gasteiger partial charge in [0.2, 0.25) is 0 Å². The standard InChI is InChI=1S/C60H38N2OS/c1-3-12-41(13-4-1)48-18-11-19-52-53-36-42(26-34-57(53)63-60(48)52)39-22-28-45(29-23-39)61(46-30-24-40(25-31-46)43-27-35-59-54(37-43)51-17-8-10-21-58(51)64-59)47-32-33-50-49-16-7-9-20-55(49)62(56(50)38-47)44-14-5-2-6-15-44/h1-38H.